The van der Waals surface area contributed by atoms with E-state index in [1.54, 1.807) is 24.9 Å². The van der Waals surface area contributed by atoms with Gasteiger partial charge in [-0.1, -0.05) is 30.3 Å². The number of carbonyl (C=O) groups excluding carboxylic acids is 1. The van der Waals surface area contributed by atoms with Crippen molar-refractivity contribution >= 4 is 42.5 Å². The van der Waals surface area contributed by atoms with Crippen LogP contribution in [0.15, 0.2) is 83.3 Å². The molecule has 0 saturated carbocycles. The summed E-state index contributed by atoms with van der Waals surface area (Å²) in [6.07, 6.45) is 2.25. The van der Waals surface area contributed by atoms with Crippen LogP contribution in [0.5, 0.6) is 5.75 Å². The Morgan fingerprint density at radius 3 is 2.41 bits per heavy atom. The molecule has 3 aromatic carbocycles. The van der Waals surface area contributed by atoms with Crippen LogP contribution in [-0.2, 0) is 22.7 Å². The van der Waals surface area contributed by atoms with Crippen LogP contribution < -0.4 is 10.1 Å². The third-order valence-corrected chi connectivity index (χ3v) is 7.17. The molecule has 4 aromatic rings. The molecule has 0 unspecified atom stereocenters. The Hall–Kier alpha value is -3.41. The Balaban J connectivity index is 0.00000462. The first kappa shape index (κ1) is 32.1. The van der Waals surface area contributed by atoms with Crippen LogP contribution in [0.3, 0.4) is 0 Å². The van der Waals surface area contributed by atoms with Gasteiger partial charge in [0, 0.05) is 11.1 Å². The van der Waals surface area contributed by atoms with E-state index in [1.807, 2.05) is 86.0 Å². The van der Waals surface area contributed by atoms with Gasteiger partial charge in [0.05, 0.1) is 13.7 Å². The van der Waals surface area contributed by atoms with Crippen LogP contribution in [0.1, 0.15) is 33.7 Å². The Morgan fingerprint density at radius 2 is 1.73 bits per heavy atom. The summed E-state index contributed by atoms with van der Waals surface area (Å²) in [4.78, 5) is 25.0. The minimum atomic E-state index is -1.04. The molecule has 0 aliphatic rings. The van der Waals surface area contributed by atoms with Crippen LogP contribution in [0.4, 0.5) is 0 Å². The van der Waals surface area contributed by atoms with E-state index >= 15 is 0 Å². The maximum atomic E-state index is 13.3. The first-order chi connectivity index (χ1) is 19.4. The molecule has 9 heteroatoms. The van der Waals surface area contributed by atoms with Crippen molar-refractivity contribution < 1.29 is 28.6 Å². The number of hydrogen-bond donors (Lipinski definition) is 2. The number of rotatable bonds is 13. The molecule has 0 bridgehead atoms. The number of amides is 1. The number of aryl methyl sites for hydroxylation is 1. The van der Waals surface area contributed by atoms with Crippen LogP contribution in [0.25, 0.3) is 22.5 Å². The van der Waals surface area contributed by atoms with Gasteiger partial charge >= 0.3 is 24.8 Å². The van der Waals surface area contributed by atoms with Gasteiger partial charge in [-0.25, -0.2) is 4.79 Å². The van der Waals surface area contributed by atoms with Gasteiger partial charge in [0.2, 0.25) is 0 Å². The standard InChI is InChI=1S/C32H33NO6S.Li.H/c1-21-6-4-5-7-26(21)28-18-22(8-14-27(28)31(34)33-29(32(35)36)16-17-40-3)19-38-20-25-13-15-30(39-25)23-9-11-24(37-2)12-10-23;;/h4-15,18,29H,16-17,19-20H2,1-3H3,(H,33,34)(H,35,36);;/t29-;;/m0../s1. The quantitative estimate of drug-likeness (QED) is 0.193. The van der Waals surface area contributed by atoms with Crippen LogP contribution in [-0.4, -0.2) is 61.0 Å². The molecule has 0 aliphatic carbocycles. The van der Waals surface area contributed by atoms with E-state index in [1.165, 1.54) is 0 Å². The van der Waals surface area contributed by atoms with Gasteiger partial charge in [-0.3, -0.25) is 4.79 Å². The molecule has 0 saturated heterocycles. The zero-order chi connectivity index (χ0) is 28.5. The van der Waals surface area contributed by atoms with Gasteiger partial charge < -0.3 is 24.3 Å². The summed E-state index contributed by atoms with van der Waals surface area (Å²) in [5.74, 6) is 1.40. The average molecular weight is 568 g/mol. The van der Waals surface area contributed by atoms with Gasteiger partial charge in [-0.2, -0.15) is 11.8 Å². The van der Waals surface area contributed by atoms with Gasteiger partial charge in [-0.05, 0) is 96.1 Å². The van der Waals surface area contributed by atoms with E-state index in [0.29, 0.717) is 30.1 Å². The number of ether oxygens (including phenoxy) is 2. The van der Waals surface area contributed by atoms with E-state index in [0.717, 1.165) is 39.3 Å². The van der Waals surface area contributed by atoms with E-state index in [-0.39, 0.29) is 25.5 Å². The summed E-state index contributed by atoms with van der Waals surface area (Å²) in [5, 5.41) is 12.3. The number of furan rings is 1. The fourth-order valence-electron chi connectivity index (χ4n) is 4.34. The van der Waals surface area contributed by atoms with E-state index < -0.39 is 17.9 Å². The molecular weight excluding hydrogens is 533 g/mol. The predicted octanol–water partition coefficient (Wildman–Crippen LogP) is 5.94. The van der Waals surface area contributed by atoms with Crippen LogP contribution in [0, 0.1) is 6.92 Å². The Labute approximate surface area is 256 Å². The second kappa shape index (κ2) is 15.6. The van der Waals surface area contributed by atoms with Crippen molar-refractivity contribution in [1.82, 2.24) is 5.32 Å². The second-order valence-corrected chi connectivity index (χ2v) is 10.3. The normalized spacial score (nSPS) is 11.4. The van der Waals surface area contributed by atoms with Crippen molar-refractivity contribution in [3.05, 3.63) is 101 Å². The third-order valence-electron chi connectivity index (χ3n) is 6.53. The number of carboxylic acids is 1. The molecule has 2 N–H and O–H groups in total. The van der Waals surface area contributed by atoms with Crippen LogP contribution in [0.2, 0.25) is 0 Å². The predicted molar refractivity (Wildman–Crippen MR) is 165 cm³/mol. The van der Waals surface area contributed by atoms with E-state index in [4.69, 9.17) is 13.9 Å². The number of carboxylic acid groups (broad SMARTS) is 1. The molecule has 0 radical (unpaired) electrons. The maximum absolute atomic E-state index is 13.3. The number of carbonyl (C=O) groups is 2. The topological polar surface area (TPSA) is 98.0 Å². The van der Waals surface area contributed by atoms with Crippen molar-refractivity contribution in [1.29, 1.82) is 0 Å². The monoisotopic (exact) mass is 567 g/mol. The third kappa shape index (κ3) is 8.54. The molecular formula is C32H34LiNO6S. The molecule has 1 heterocycles. The van der Waals surface area contributed by atoms with E-state index in [9.17, 15) is 14.7 Å². The molecule has 1 aromatic heterocycles. The SMILES string of the molecule is COc1ccc(-c2ccc(COCc3ccc(C(=O)N[C@@H](CCSC)C(=O)O)c(-c4ccccc4C)c3)o2)cc1.[LiH]. The van der Waals surface area contributed by atoms with Crippen molar-refractivity contribution in [3.63, 3.8) is 0 Å². The molecule has 0 spiro atoms. The van der Waals surface area contributed by atoms with Crippen molar-refractivity contribution in [3.8, 4) is 28.2 Å². The molecule has 0 aliphatic heterocycles. The average Bonchev–Trinajstić information content (AvgIpc) is 3.44. The summed E-state index contributed by atoms with van der Waals surface area (Å²) in [6.45, 7) is 2.58. The van der Waals surface area contributed by atoms with Crippen LogP contribution >= 0.6 is 11.8 Å². The zero-order valence-corrected chi connectivity index (χ0v) is 23.6. The first-order valence-corrected chi connectivity index (χ1v) is 14.3. The van der Waals surface area contributed by atoms with Gasteiger partial charge in [-0.15, -0.1) is 0 Å². The van der Waals surface area contributed by atoms with Gasteiger partial charge in [0.1, 0.15) is 29.9 Å². The molecule has 1 amide bonds. The second-order valence-electron chi connectivity index (χ2n) is 9.33. The molecule has 41 heavy (non-hydrogen) atoms. The molecule has 0 fully saturated rings. The number of methoxy groups -OCH3 is 1. The Bertz CT molecular complexity index is 1450. The van der Waals surface area contributed by atoms with E-state index in [2.05, 4.69) is 5.32 Å². The Kier molecular flexibility index (Phi) is 12.2. The molecule has 7 nitrogen and oxygen atoms in total. The summed E-state index contributed by atoms with van der Waals surface area (Å²) >= 11 is 1.54. The Morgan fingerprint density at radius 1 is 0.976 bits per heavy atom. The molecule has 210 valence electrons. The number of thioether (sulfide) groups is 1. The molecule has 1 atom stereocenters. The van der Waals surface area contributed by atoms with Crippen molar-refractivity contribution in [2.24, 2.45) is 0 Å². The number of nitrogens with one attached hydrogen (secondary N) is 1. The zero-order valence-electron chi connectivity index (χ0n) is 22.8. The first-order valence-electron chi connectivity index (χ1n) is 12.9. The number of benzene rings is 3. The summed E-state index contributed by atoms with van der Waals surface area (Å²) < 4.78 is 17.1. The fourth-order valence-corrected chi connectivity index (χ4v) is 4.81. The fraction of sp³-hybridized carbons (Fsp3) is 0.250. The number of hydrogen-bond acceptors (Lipinski definition) is 6. The summed E-state index contributed by atoms with van der Waals surface area (Å²) in [7, 11) is 1.63. The minimum absolute atomic E-state index is 0. The van der Waals surface area contributed by atoms with Gasteiger partial charge in [0.15, 0.2) is 0 Å². The molecule has 4 rings (SSSR count). The van der Waals surface area contributed by atoms with Gasteiger partial charge in [0.25, 0.3) is 5.91 Å². The van der Waals surface area contributed by atoms with Crippen molar-refractivity contribution in [2.75, 3.05) is 19.1 Å². The summed E-state index contributed by atoms with van der Waals surface area (Å²) in [5.41, 5.74) is 4.89. The van der Waals surface area contributed by atoms with Crippen molar-refractivity contribution in [2.45, 2.75) is 32.6 Å². The number of aliphatic carboxylic acids is 1. The summed E-state index contributed by atoms with van der Waals surface area (Å²) in [6, 6.07) is 23.8.